The van der Waals surface area contributed by atoms with Gasteiger partial charge >= 0.3 is 6.18 Å². The van der Waals surface area contributed by atoms with E-state index in [1.807, 2.05) is 0 Å². The Morgan fingerprint density at radius 1 is 1.27 bits per heavy atom. The molecule has 0 bridgehead atoms. The predicted octanol–water partition coefficient (Wildman–Crippen LogP) is 2.88. The summed E-state index contributed by atoms with van der Waals surface area (Å²) in [5.74, 6) is -1.20. The van der Waals surface area contributed by atoms with E-state index in [1.165, 1.54) is 12.1 Å². The molecular weight excluding hydrogens is 210 g/mol. The molecule has 1 fully saturated rings. The molecule has 0 aromatic heterocycles. The number of benzene rings is 1. The number of hydrogen-bond acceptors (Lipinski definition) is 1. The van der Waals surface area contributed by atoms with Gasteiger partial charge in [0.2, 0.25) is 0 Å². The van der Waals surface area contributed by atoms with E-state index >= 15 is 0 Å². The van der Waals surface area contributed by atoms with Crippen molar-refractivity contribution < 1.29 is 17.6 Å². The molecule has 0 spiro atoms. The van der Waals surface area contributed by atoms with Crippen LogP contribution >= 0.6 is 0 Å². The molecule has 82 valence electrons. The van der Waals surface area contributed by atoms with Crippen molar-refractivity contribution in [3.8, 4) is 0 Å². The molecular formula is C10H9F4N. The van der Waals surface area contributed by atoms with Crippen LogP contribution in [-0.2, 0) is 6.18 Å². The Morgan fingerprint density at radius 3 is 2.40 bits per heavy atom. The van der Waals surface area contributed by atoms with Gasteiger partial charge in [0, 0.05) is 6.04 Å². The Kier molecular flexibility index (Phi) is 2.42. The topological polar surface area (TPSA) is 12.0 Å². The van der Waals surface area contributed by atoms with Crippen molar-refractivity contribution in [2.45, 2.75) is 18.6 Å². The fraction of sp³-hybridized carbons (Fsp3) is 0.400. The van der Waals surface area contributed by atoms with Crippen LogP contribution in [0.3, 0.4) is 0 Å². The van der Waals surface area contributed by atoms with E-state index in [1.54, 1.807) is 0 Å². The Labute approximate surface area is 84.1 Å². The van der Waals surface area contributed by atoms with Crippen LogP contribution in [0.15, 0.2) is 18.2 Å². The summed E-state index contributed by atoms with van der Waals surface area (Å²) in [7, 11) is 0. The maximum atomic E-state index is 13.1. The van der Waals surface area contributed by atoms with Crippen molar-refractivity contribution in [2.75, 3.05) is 6.54 Å². The first-order valence-corrected chi connectivity index (χ1v) is 4.59. The van der Waals surface area contributed by atoms with E-state index in [2.05, 4.69) is 5.32 Å². The van der Waals surface area contributed by atoms with Gasteiger partial charge < -0.3 is 5.32 Å². The fourth-order valence-corrected chi connectivity index (χ4v) is 1.68. The maximum absolute atomic E-state index is 13.1. The molecule has 0 saturated carbocycles. The minimum atomic E-state index is -4.63. The minimum Gasteiger partial charge on any atom is -0.310 e. The number of nitrogens with one attached hydrogen (secondary N) is 1. The van der Waals surface area contributed by atoms with Crippen LogP contribution in [-0.4, -0.2) is 6.54 Å². The molecule has 0 unspecified atom stereocenters. The van der Waals surface area contributed by atoms with Crippen molar-refractivity contribution >= 4 is 0 Å². The molecule has 1 aliphatic heterocycles. The molecule has 1 aliphatic rings. The van der Waals surface area contributed by atoms with Gasteiger partial charge in [0.25, 0.3) is 0 Å². The van der Waals surface area contributed by atoms with Crippen LogP contribution in [0.4, 0.5) is 17.6 Å². The first-order chi connectivity index (χ1) is 7.00. The molecule has 1 nitrogen and oxygen atoms in total. The van der Waals surface area contributed by atoms with Crippen LogP contribution in [0.2, 0.25) is 0 Å². The summed E-state index contributed by atoms with van der Waals surface area (Å²) >= 11 is 0. The van der Waals surface area contributed by atoms with Crippen molar-refractivity contribution in [1.29, 1.82) is 0 Å². The number of rotatable bonds is 1. The average molecular weight is 219 g/mol. The quantitative estimate of drug-likeness (QED) is 0.716. The third-order valence-corrected chi connectivity index (χ3v) is 2.53. The fourth-order valence-electron chi connectivity index (χ4n) is 1.68. The molecule has 1 aromatic rings. The molecule has 1 atom stereocenters. The lowest BCUT2D eigenvalue weighted by Gasteiger charge is -2.30. The largest absolute Gasteiger partial charge is 0.419 e. The highest BCUT2D eigenvalue weighted by molar-refractivity contribution is 5.34. The third kappa shape index (κ3) is 1.84. The highest BCUT2D eigenvalue weighted by Gasteiger charge is 2.39. The van der Waals surface area contributed by atoms with Crippen LogP contribution in [0.1, 0.15) is 23.6 Å². The van der Waals surface area contributed by atoms with Gasteiger partial charge in [0.05, 0.1) is 5.56 Å². The third-order valence-electron chi connectivity index (χ3n) is 2.53. The Morgan fingerprint density at radius 2 is 1.93 bits per heavy atom. The van der Waals surface area contributed by atoms with E-state index in [0.717, 1.165) is 6.07 Å². The summed E-state index contributed by atoms with van der Waals surface area (Å²) in [5.41, 5.74) is -1.13. The maximum Gasteiger partial charge on any atom is 0.419 e. The van der Waals surface area contributed by atoms with Crippen molar-refractivity contribution in [3.05, 3.63) is 35.1 Å². The lowest BCUT2D eigenvalue weighted by atomic mass is 9.93. The van der Waals surface area contributed by atoms with Gasteiger partial charge in [0.1, 0.15) is 5.82 Å². The van der Waals surface area contributed by atoms with Crippen molar-refractivity contribution in [1.82, 2.24) is 5.32 Å². The molecule has 0 amide bonds. The monoisotopic (exact) mass is 219 g/mol. The van der Waals surface area contributed by atoms with E-state index in [9.17, 15) is 17.6 Å². The predicted molar refractivity (Wildman–Crippen MR) is 46.8 cm³/mol. The van der Waals surface area contributed by atoms with Crippen LogP contribution in [0, 0.1) is 5.82 Å². The van der Waals surface area contributed by atoms with Gasteiger partial charge in [-0.1, -0.05) is 12.1 Å². The molecule has 0 radical (unpaired) electrons. The van der Waals surface area contributed by atoms with Gasteiger partial charge in [-0.3, -0.25) is 0 Å². The number of hydrogen-bond donors (Lipinski definition) is 1. The number of halogens is 4. The molecule has 1 aromatic carbocycles. The molecule has 1 N–H and O–H groups in total. The number of alkyl halides is 3. The second kappa shape index (κ2) is 3.48. The Hall–Kier alpha value is -1.10. The van der Waals surface area contributed by atoms with Crippen LogP contribution in [0.5, 0.6) is 0 Å². The summed E-state index contributed by atoms with van der Waals surface area (Å²) in [6.45, 7) is 0.679. The smallest absolute Gasteiger partial charge is 0.310 e. The molecule has 15 heavy (non-hydrogen) atoms. The highest BCUT2D eigenvalue weighted by Crippen LogP contribution is 2.38. The molecule has 2 rings (SSSR count). The van der Waals surface area contributed by atoms with Crippen molar-refractivity contribution in [2.24, 2.45) is 0 Å². The summed E-state index contributed by atoms with van der Waals surface area (Å²) in [5, 5.41) is 2.83. The van der Waals surface area contributed by atoms with E-state index in [4.69, 9.17) is 0 Å². The summed E-state index contributed by atoms with van der Waals surface area (Å²) in [6, 6.07) is 3.10. The molecule has 5 heteroatoms. The first-order valence-electron chi connectivity index (χ1n) is 4.59. The zero-order chi connectivity index (χ0) is 11.1. The van der Waals surface area contributed by atoms with E-state index in [0.29, 0.717) is 13.0 Å². The van der Waals surface area contributed by atoms with Crippen LogP contribution in [0.25, 0.3) is 0 Å². The second-order valence-electron chi connectivity index (χ2n) is 3.50. The first kappa shape index (κ1) is 10.4. The summed E-state index contributed by atoms with van der Waals surface area (Å²) in [4.78, 5) is 0. The Bertz CT molecular complexity index is 368. The van der Waals surface area contributed by atoms with Gasteiger partial charge in [-0.15, -0.1) is 0 Å². The zero-order valence-corrected chi connectivity index (χ0v) is 7.74. The lowest BCUT2D eigenvalue weighted by Crippen LogP contribution is -2.36. The molecule has 1 saturated heterocycles. The summed E-state index contributed by atoms with van der Waals surface area (Å²) < 4.78 is 50.8. The van der Waals surface area contributed by atoms with Crippen molar-refractivity contribution in [3.63, 3.8) is 0 Å². The minimum absolute atomic E-state index is 0.00810. The van der Waals surface area contributed by atoms with E-state index < -0.39 is 17.6 Å². The Balaban J connectivity index is 2.48. The molecule has 1 heterocycles. The highest BCUT2D eigenvalue weighted by atomic mass is 19.4. The van der Waals surface area contributed by atoms with Gasteiger partial charge in [-0.25, -0.2) is 4.39 Å². The van der Waals surface area contributed by atoms with E-state index in [-0.39, 0.29) is 11.6 Å². The SMILES string of the molecule is Fc1cccc([C@@H]2CCN2)c1C(F)(F)F. The zero-order valence-electron chi connectivity index (χ0n) is 7.74. The lowest BCUT2D eigenvalue weighted by molar-refractivity contribution is -0.141. The van der Waals surface area contributed by atoms with Crippen LogP contribution < -0.4 is 5.32 Å². The normalized spacial score (nSPS) is 21.2. The van der Waals surface area contributed by atoms with Gasteiger partial charge in [0.15, 0.2) is 0 Å². The summed E-state index contributed by atoms with van der Waals surface area (Å²) in [6.07, 6.45) is -4.01. The van der Waals surface area contributed by atoms with Gasteiger partial charge in [-0.2, -0.15) is 13.2 Å². The average Bonchev–Trinajstić information content (AvgIpc) is 1.97. The van der Waals surface area contributed by atoms with Gasteiger partial charge in [-0.05, 0) is 24.6 Å². The second-order valence-corrected chi connectivity index (χ2v) is 3.50. The molecule has 0 aliphatic carbocycles. The standard InChI is InChI=1S/C10H9F4N/c11-7-3-1-2-6(8-4-5-15-8)9(7)10(12,13)14/h1-3,8,15H,4-5H2/t8-/m0/s1.